The Hall–Kier alpha value is -2.60. The molecule has 2 aromatic carbocycles. The Kier molecular flexibility index (Phi) is 5.76. The van der Waals surface area contributed by atoms with Crippen molar-refractivity contribution in [3.63, 3.8) is 0 Å². The third-order valence-corrected chi connectivity index (χ3v) is 3.61. The second-order valence-electron chi connectivity index (χ2n) is 5.08. The average Bonchev–Trinajstić information content (AvgIpc) is 2.52. The smallest absolute Gasteiger partial charge is 0.233 e. The van der Waals surface area contributed by atoms with Gasteiger partial charge < -0.3 is 15.4 Å². The SMILES string of the molecule is COc1cc(Cl)c(C)cc1NC(=O)CC(=O)Nc1ccc(F)cc1. The van der Waals surface area contributed by atoms with Crippen LogP contribution in [0.25, 0.3) is 0 Å². The van der Waals surface area contributed by atoms with Crippen LogP contribution in [0.1, 0.15) is 12.0 Å². The van der Waals surface area contributed by atoms with Gasteiger partial charge in [0.25, 0.3) is 0 Å². The highest BCUT2D eigenvalue weighted by molar-refractivity contribution is 6.31. The van der Waals surface area contributed by atoms with Crippen molar-refractivity contribution in [2.75, 3.05) is 17.7 Å². The molecular weight excluding hydrogens is 335 g/mol. The first-order valence-electron chi connectivity index (χ1n) is 7.08. The zero-order valence-corrected chi connectivity index (χ0v) is 13.9. The Balaban J connectivity index is 1.99. The highest BCUT2D eigenvalue weighted by Gasteiger charge is 2.14. The van der Waals surface area contributed by atoms with Gasteiger partial charge in [-0.3, -0.25) is 9.59 Å². The van der Waals surface area contributed by atoms with Gasteiger partial charge in [0.15, 0.2) is 0 Å². The molecule has 2 amide bonds. The van der Waals surface area contributed by atoms with Gasteiger partial charge in [0, 0.05) is 16.8 Å². The third-order valence-electron chi connectivity index (χ3n) is 3.20. The largest absolute Gasteiger partial charge is 0.495 e. The van der Waals surface area contributed by atoms with E-state index in [4.69, 9.17) is 16.3 Å². The number of amides is 2. The van der Waals surface area contributed by atoms with E-state index >= 15 is 0 Å². The maximum Gasteiger partial charge on any atom is 0.233 e. The summed E-state index contributed by atoms with van der Waals surface area (Å²) < 4.78 is 18.0. The van der Waals surface area contributed by atoms with Crippen molar-refractivity contribution in [1.29, 1.82) is 0 Å². The van der Waals surface area contributed by atoms with Crippen molar-refractivity contribution < 1.29 is 18.7 Å². The third kappa shape index (κ3) is 4.70. The minimum atomic E-state index is -0.510. The number of carbonyl (C=O) groups excluding carboxylic acids is 2. The average molecular weight is 351 g/mol. The van der Waals surface area contributed by atoms with Gasteiger partial charge in [-0.15, -0.1) is 0 Å². The van der Waals surface area contributed by atoms with Gasteiger partial charge in [0.1, 0.15) is 18.0 Å². The summed E-state index contributed by atoms with van der Waals surface area (Å²) in [5.41, 5.74) is 1.61. The normalized spacial score (nSPS) is 10.2. The summed E-state index contributed by atoms with van der Waals surface area (Å²) in [7, 11) is 1.46. The number of ether oxygens (including phenoxy) is 1. The van der Waals surface area contributed by atoms with Crippen LogP contribution in [0.5, 0.6) is 5.75 Å². The van der Waals surface area contributed by atoms with Crippen molar-refractivity contribution in [2.24, 2.45) is 0 Å². The van der Waals surface area contributed by atoms with Crippen LogP contribution in [-0.4, -0.2) is 18.9 Å². The topological polar surface area (TPSA) is 67.4 Å². The molecule has 0 aliphatic carbocycles. The predicted molar refractivity (Wildman–Crippen MR) is 91.0 cm³/mol. The number of aryl methyl sites for hydroxylation is 1. The molecule has 0 fully saturated rings. The molecule has 2 N–H and O–H groups in total. The van der Waals surface area contributed by atoms with E-state index in [1.54, 1.807) is 19.1 Å². The number of methoxy groups -OCH3 is 1. The van der Waals surface area contributed by atoms with Gasteiger partial charge in [-0.2, -0.15) is 0 Å². The monoisotopic (exact) mass is 350 g/mol. The highest BCUT2D eigenvalue weighted by atomic mass is 35.5. The lowest BCUT2D eigenvalue weighted by Crippen LogP contribution is -2.21. The predicted octanol–water partition coefficient (Wildman–Crippen LogP) is 3.76. The fourth-order valence-electron chi connectivity index (χ4n) is 2.01. The molecule has 0 atom stereocenters. The number of halogens is 2. The minimum Gasteiger partial charge on any atom is -0.495 e. The molecule has 0 unspecified atom stereocenters. The molecule has 126 valence electrons. The number of carbonyl (C=O) groups is 2. The molecule has 0 saturated heterocycles. The number of benzene rings is 2. The first kappa shape index (κ1) is 17.7. The molecular formula is C17H16ClFN2O3. The van der Waals surface area contributed by atoms with Crippen LogP contribution in [0.2, 0.25) is 5.02 Å². The fraction of sp³-hybridized carbons (Fsp3) is 0.176. The molecule has 0 aliphatic heterocycles. The van der Waals surface area contributed by atoms with E-state index in [1.807, 2.05) is 0 Å². The van der Waals surface area contributed by atoms with Crippen molar-refractivity contribution in [2.45, 2.75) is 13.3 Å². The van der Waals surface area contributed by atoms with E-state index in [0.29, 0.717) is 22.1 Å². The highest BCUT2D eigenvalue weighted by Crippen LogP contribution is 2.31. The molecule has 0 radical (unpaired) electrons. The summed E-state index contributed by atoms with van der Waals surface area (Å²) >= 11 is 6.00. The van der Waals surface area contributed by atoms with E-state index < -0.39 is 17.6 Å². The Morgan fingerprint density at radius 1 is 1.12 bits per heavy atom. The maximum absolute atomic E-state index is 12.8. The molecule has 0 aliphatic rings. The first-order valence-corrected chi connectivity index (χ1v) is 7.46. The molecule has 2 aromatic rings. The maximum atomic E-state index is 12.8. The lowest BCUT2D eigenvalue weighted by Gasteiger charge is -2.12. The van der Waals surface area contributed by atoms with Crippen LogP contribution in [-0.2, 0) is 9.59 Å². The van der Waals surface area contributed by atoms with Crippen molar-refractivity contribution >= 4 is 34.8 Å². The molecule has 2 rings (SSSR count). The molecule has 24 heavy (non-hydrogen) atoms. The number of rotatable bonds is 5. The van der Waals surface area contributed by atoms with Gasteiger partial charge in [-0.25, -0.2) is 4.39 Å². The molecule has 0 aromatic heterocycles. The van der Waals surface area contributed by atoms with Crippen LogP contribution in [0, 0.1) is 12.7 Å². The van der Waals surface area contributed by atoms with E-state index in [-0.39, 0.29) is 6.42 Å². The Morgan fingerprint density at radius 3 is 2.38 bits per heavy atom. The molecule has 7 heteroatoms. The summed E-state index contributed by atoms with van der Waals surface area (Å²) in [6, 6.07) is 8.52. The first-order chi connectivity index (χ1) is 11.4. The molecule has 0 saturated carbocycles. The summed E-state index contributed by atoms with van der Waals surface area (Å²) in [5.74, 6) is -1.02. The van der Waals surface area contributed by atoms with Crippen LogP contribution in [0.3, 0.4) is 0 Å². The molecule has 0 heterocycles. The van der Waals surface area contributed by atoms with Crippen LogP contribution < -0.4 is 15.4 Å². The summed E-state index contributed by atoms with van der Waals surface area (Å²) in [6.45, 7) is 1.79. The summed E-state index contributed by atoms with van der Waals surface area (Å²) in [4.78, 5) is 23.9. The van der Waals surface area contributed by atoms with Gasteiger partial charge in [0.05, 0.1) is 12.8 Å². The van der Waals surface area contributed by atoms with E-state index in [2.05, 4.69) is 10.6 Å². The fourth-order valence-corrected chi connectivity index (χ4v) is 2.16. The second kappa shape index (κ2) is 7.79. The second-order valence-corrected chi connectivity index (χ2v) is 5.49. The Bertz CT molecular complexity index is 763. The zero-order chi connectivity index (χ0) is 17.7. The number of hydrogen-bond donors (Lipinski definition) is 2. The van der Waals surface area contributed by atoms with E-state index in [1.165, 1.54) is 31.4 Å². The molecule has 5 nitrogen and oxygen atoms in total. The van der Waals surface area contributed by atoms with E-state index in [9.17, 15) is 14.0 Å². The van der Waals surface area contributed by atoms with Crippen LogP contribution in [0.4, 0.5) is 15.8 Å². The molecule has 0 bridgehead atoms. The van der Waals surface area contributed by atoms with Gasteiger partial charge in [-0.05, 0) is 42.8 Å². The van der Waals surface area contributed by atoms with Crippen LogP contribution >= 0.6 is 11.6 Å². The minimum absolute atomic E-state index is 0.387. The lowest BCUT2D eigenvalue weighted by molar-refractivity contribution is -0.123. The number of hydrogen-bond acceptors (Lipinski definition) is 3. The number of anilines is 2. The zero-order valence-electron chi connectivity index (χ0n) is 13.2. The Morgan fingerprint density at radius 2 is 1.75 bits per heavy atom. The van der Waals surface area contributed by atoms with Crippen molar-refractivity contribution in [3.05, 3.63) is 52.8 Å². The van der Waals surface area contributed by atoms with Gasteiger partial charge in [-0.1, -0.05) is 11.6 Å². The standard InChI is InChI=1S/C17H16ClFN2O3/c1-10-7-14(15(24-2)8-13(10)18)21-17(23)9-16(22)20-12-5-3-11(19)4-6-12/h3-8H,9H2,1-2H3,(H,20,22)(H,21,23). The van der Waals surface area contributed by atoms with Gasteiger partial charge in [0.2, 0.25) is 11.8 Å². The summed E-state index contributed by atoms with van der Waals surface area (Å²) in [5, 5.41) is 5.64. The quantitative estimate of drug-likeness (QED) is 0.807. The number of nitrogens with one attached hydrogen (secondary N) is 2. The van der Waals surface area contributed by atoms with Gasteiger partial charge >= 0.3 is 0 Å². The lowest BCUT2D eigenvalue weighted by atomic mass is 10.2. The molecule has 0 spiro atoms. The van der Waals surface area contributed by atoms with Crippen molar-refractivity contribution in [3.8, 4) is 5.75 Å². The van der Waals surface area contributed by atoms with E-state index in [0.717, 1.165) is 5.56 Å². The van der Waals surface area contributed by atoms with Crippen LogP contribution in [0.15, 0.2) is 36.4 Å². The Labute approximate surface area is 143 Å². The van der Waals surface area contributed by atoms with Crippen molar-refractivity contribution in [1.82, 2.24) is 0 Å². The summed E-state index contributed by atoms with van der Waals surface area (Å²) in [6.07, 6.45) is -0.387.